The summed E-state index contributed by atoms with van der Waals surface area (Å²) in [5.74, 6) is -0.118. The number of carbonyl (C=O) groups excluding carboxylic acids is 1. The number of nitrogens with one attached hydrogen (secondary N) is 2. The van der Waals surface area contributed by atoms with E-state index in [2.05, 4.69) is 44.7 Å². The molecule has 1 aliphatic heterocycles. The van der Waals surface area contributed by atoms with Crippen LogP contribution in [0.5, 0.6) is 0 Å². The molecule has 1 aromatic carbocycles. The van der Waals surface area contributed by atoms with Gasteiger partial charge in [0.05, 0.1) is 10.6 Å². The molecule has 5 nitrogen and oxygen atoms in total. The summed E-state index contributed by atoms with van der Waals surface area (Å²) in [7, 11) is 0. The quantitative estimate of drug-likeness (QED) is 0.658. The fraction of sp³-hybridized carbons (Fsp3) is 0.300. The Balaban J connectivity index is 1.22. The van der Waals surface area contributed by atoms with Crippen molar-refractivity contribution in [3.8, 4) is 10.6 Å². The van der Waals surface area contributed by atoms with Crippen LogP contribution < -0.4 is 5.32 Å². The molecule has 3 heterocycles. The van der Waals surface area contributed by atoms with Gasteiger partial charge in [-0.15, -0.1) is 11.3 Å². The van der Waals surface area contributed by atoms with Crippen LogP contribution in [0.3, 0.4) is 0 Å². The van der Waals surface area contributed by atoms with Crippen molar-refractivity contribution in [3.05, 3.63) is 64.7 Å². The van der Waals surface area contributed by atoms with E-state index in [1.807, 2.05) is 23.6 Å². The van der Waals surface area contributed by atoms with E-state index in [0.717, 1.165) is 43.0 Å². The van der Waals surface area contributed by atoms with Crippen molar-refractivity contribution in [3.63, 3.8) is 0 Å². The lowest BCUT2D eigenvalue weighted by Crippen LogP contribution is -2.33. The fourth-order valence-corrected chi connectivity index (χ4v) is 4.03. The molecule has 0 spiro atoms. The summed E-state index contributed by atoms with van der Waals surface area (Å²) < 4.78 is 0. The molecule has 26 heavy (non-hydrogen) atoms. The molecule has 0 radical (unpaired) electrons. The number of aromatic nitrogens is 2. The van der Waals surface area contributed by atoms with Gasteiger partial charge < -0.3 is 5.32 Å². The maximum Gasteiger partial charge on any atom is 0.271 e. The maximum absolute atomic E-state index is 12.2. The molecule has 2 N–H and O–H groups in total. The minimum absolute atomic E-state index is 0.118. The van der Waals surface area contributed by atoms with Gasteiger partial charge in [0.25, 0.3) is 5.91 Å². The number of benzene rings is 1. The monoisotopic (exact) mass is 366 g/mol. The van der Waals surface area contributed by atoms with Gasteiger partial charge in [-0.05, 0) is 41.5 Å². The molecule has 0 atom stereocenters. The Hall–Kier alpha value is -2.44. The van der Waals surface area contributed by atoms with Crippen LogP contribution >= 0.6 is 11.3 Å². The molecule has 1 amide bonds. The summed E-state index contributed by atoms with van der Waals surface area (Å²) >= 11 is 1.63. The van der Waals surface area contributed by atoms with Gasteiger partial charge in [-0.25, -0.2) is 0 Å². The van der Waals surface area contributed by atoms with E-state index in [9.17, 15) is 4.79 Å². The third-order valence-corrected chi connectivity index (χ3v) is 5.65. The average molecular weight is 366 g/mol. The van der Waals surface area contributed by atoms with Gasteiger partial charge in [-0.2, -0.15) is 5.10 Å². The number of H-pyrrole nitrogens is 1. The van der Waals surface area contributed by atoms with E-state index in [1.54, 1.807) is 11.3 Å². The Bertz CT molecular complexity index is 872. The zero-order valence-electron chi connectivity index (χ0n) is 14.6. The predicted molar refractivity (Wildman–Crippen MR) is 104 cm³/mol. The van der Waals surface area contributed by atoms with E-state index in [1.165, 1.54) is 11.1 Å². The summed E-state index contributed by atoms with van der Waals surface area (Å²) in [6, 6.07) is 14.5. The fourth-order valence-electron chi connectivity index (χ4n) is 3.34. The Kier molecular flexibility index (Phi) is 5.13. The smallest absolute Gasteiger partial charge is 0.271 e. The number of hydrogen-bond donors (Lipinski definition) is 2. The minimum Gasteiger partial charge on any atom is -0.351 e. The summed E-state index contributed by atoms with van der Waals surface area (Å²) in [4.78, 5) is 15.8. The lowest BCUT2D eigenvalue weighted by atomic mass is 10.00. The number of rotatable bonds is 6. The van der Waals surface area contributed by atoms with Crippen LogP contribution in [0.25, 0.3) is 10.6 Å². The van der Waals surface area contributed by atoms with E-state index in [0.29, 0.717) is 12.2 Å². The van der Waals surface area contributed by atoms with Gasteiger partial charge >= 0.3 is 0 Å². The molecular formula is C20H22N4OS. The number of hydrogen-bond acceptors (Lipinski definition) is 4. The van der Waals surface area contributed by atoms with Gasteiger partial charge in [0.2, 0.25) is 0 Å². The van der Waals surface area contributed by atoms with Crippen LogP contribution in [-0.4, -0.2) is 40.6 Å². The second-order valence-corrected chi connectivity index (χ2v) is 7.50. The third-order valence-electron chi connectivity index (χ3n) is 4.74. The summed E-state index contributed by atoms with van der Waals surface area (Å²) in [6.45, 7) is 3.76. The Morgan fingerprint density at radius 3 is 2.96 bits per heavy atom. The first kappa shape index (κ1) is 17.0. The Labute approximate surface area is 157 Å². The second kappa shape index (κ2) is 7.85. The van der Waals surface area contributed by atoms with Crippen LogP contribution in [-0.2, 0) is 13.0 Å². The molecule has 0 saturated heterocycles. The number of carbonyl (C=O) groups is 1. The van der Waals surface area contributed by atoms with E-state index in [-0.39, 0.29) is 5.91 Å². The van der Waals surface area contributed by atoms with Crippen LogP contribution in [0.2, 0.25) is 0 Å². The lowest BCUT2D eigenvalue weighted by Gasteiger charge is -2.28. The molecule has 4 rings (SSSR count). The molecule has 2 aromatic heterocycles. The number of aromatic amines is 1. The first-order valence-electron chi connectivity index (χ1n) is 8.96. The van der Waals surface area contributed by atoms with Crippen molar-refractivity contribution < 1.29 is 4.79 Å². The zero-order valence-corrected chi connectivity index (χ0v) is 15.4. The second-order valence-electron chi connectivity index (χ2n) is 6.55. The Morgan fingerprint density at radius 2 is 2.12 bits per heavy atom. The molecule has 6 heteroatoms. The molecule has 1 aliphatic rings. The third kappa shape index (κ3) is 3.86. The van der Waals surface area contributed by atoms with Crippen LogP contribution in [0.1, 0.15) is 28.0 Å². The lowest BCUT2D eigenvalue weighted by molar-refractivity contribution is 0.0946. The molecule has 0 saturated carbocycles. The first-order valence-corrected chi connectivity index (χ1v) is 9.84. The highest BCUT2D eigenvalue weighted by molar-refractivity contribution is 7.13. The molecule has 134 valence electrons. The molecule has 0 unspecified atom stereocenters. The zero-order chi connectivity index (χ0) is 17.8. The van der Waals surface area contributed by atoms with E-state index >= 15 is 0 Å². The van der Waals surface area contributed by atoms with E-state index < -0.39 is 0 Å². The van der Waals surface area contributed by atoms with Crippen molar-refractivity contribution in [1.29, 1.82) is 0 Å². The highest BCUT2D eigenvalue weighted by atomic mass is 32.1. The van der Waals surface area contributed by atoms with Crippen molar-refractivity contribution in [2.24, 2.45) is 0 Å². The largest absolute Gasteiger partial charge is 0.351 e. The summed E-state index contributed by atoms with van der Waals surface area (Å²) in [6.07, 6.45) is 2.05. The number of thiophene rings is 1. The molecule has 0 fully saturated rings. The number of nitrogens with zero attached hydrogens (tertiary/aromatic N) is 2. The highest BCUT2D eigenvalue weighted by Gasteiger charge is 2.15. The highest BCUT2D eigenvalue weighted by Crippen LogP contribution is 2.23. The van der Waals surface area contributed by atoms with Crippen LogP contribution in [0, 0.1) is 0 Å². The molecule has 0 aliphatic carbocycles. The van der Waals surface area contributed by atoms with Crippen LogP contribution in [0.4, 0.5) is 0 Å². The van der Waals surface area contributed by atoms with Gasteiger partial charge in [0.15, 0.2) is 5.69 Å². The van der Waals surface area contributed by atoms with Gasteiger partial charge in [0, 0.05) is 26.2 Å². The predicted octanol–water partition coefficient (Wildman–Crippen LogP) is 3.32. The first-order chi connectivity index (χ1) is 12.8. The molecule has 3 aromatic rings. The van der Waals surface area contributed by atoms with Crippen molar-refractivity contribution in [2.75, 3.05) is 19.6 Å². The summed E-state index contributed by atoms with van der Waals surface area (Å²) in [5.41, 5.74) is 4.23. The van der Waals surface area contributed by atoms with Gasteiger partial charge in [0.1, 0.15) is 0 Å². The molecule has 0 bridgehead atoms. The van der Waals surface area contributed by atoms with Crippen molar-refractivity contribution >= 4 is 17.2 Å². The average Bonchev–Trinajstić information content (AvgIpc) is 3.36. The van der Waals surface area contributed by atoms with Gasteiger partial charge in [-0.1, -0.05) is 30.3 Å². The normalized spacial score (nSPS) is 14.2. The molecular weight excluding hydrogens is 344 g/mol. The minimum atomic E-state index is -0.118. The number of fused-ring (bicyclic) bond motifs is 1. The van der Waals surface area contributed by atoms with Crippen molar-refractivity contribution in [2.45, 2.75) is 19.4 Å². The summed E-state index contributed by atoms with van der Waals surface area (Å²) in [5, 5.41) is 12.0. The Morgan fingerprint density at radius 1 is 1.23 bits per heavy atom. The topological polar surface area (TPSA) is 61.0 Å². The maximum atomic E-state index is 12.2. The van der Waals surface area contributed by atoms with Crippen LogP contribution in [0.15, 0.2) is 47.8 Å². The van der Waals surface area contributed by atoms with Gasteiger partial charge in [-0.3, -0.25) is 14.8 Å². The van der Waals surface area contributed by atoms with Crippen molar-refractivity contribution in [1.82, 2.24) is 20.4 Å². The number of amides is 1. The SMILES string of the molecule is O=C(NCCCN1CCc2ccccc2C1)c1cc(-c2cccs2)[nH]n1. The van der Waals surface area contributed by atoms with E-state index in [4.69, 9.17) is 0 Å². The standard InChI is InChI=1S/C20H22N4OS/c25-20(18-13-17(22-23-18)19-7-3-12-26-19)21-9-4-10-24-11-8-15-5-1-2-6-16(15)14-24/h1-3,5-7,12-13H,4,8-11,14H2,(H,21,25)(H,22,23).